The van der Waals surface area contributed by atoms with Gasteiger partial charge >= 0.3 is 0 Å². The second-order valence-corrected chi connectivity index (χ2v) is 11.2. The number of nitrogens with one attached hydrogen (secondary N) is 2. The van der Waals surface area contributed by atoms with Crippen LogP contribution in [0.4, 0.5) is 5.69 Å². The zero-order valence-corrected chi connectivity index (χ0v) is 20.1. The van der Waals surface area contributed by atoms with E-state index in [0.29, 0.717) is 31.4 Å². The molecule has 1 atom stereocenters. The summed E-state index contributed by atoms with van der Waals surface area (Å²) in [4.78, 5) is 29.3. The van der Waals surface area contributed by atoms with Crippen LogP contribution in [-0.2, 0) is 19.6 Å². The molecule has 2 aliphatic heterocycles. The van der Waals surface area contributed by atoms with Gasteiger partial charge in [0.1, 0.15) is 0 Å². The molecule has 2 heterocycles. The first kappa shape index (κ1) is 24.1. The summed E-state index contributed by atoms with van der Waals surface area (Å²) in [7, 11) is -3.48. The summed E-state index contributed by atoms with van der Waals surface area (Å²) in [6, 6.07) is 6.49. The van der Waals surface area contributed by atoms with Gasteiger partial charge in [-0.1, -0.05) is 6.42 Å². The number of hydrogen-bond acceptors (Lipinski definition) is 6. The quantitative estimate of drug-likeness (QED) is 0.581. The highest BCUT2D eigenvalue weighted by atomic mass is 32.2. The maximum absolute atomic E-state index is 12.8. The summed E-state index contributed by atoms with van der Waals surface area (Å²) in [5.41, 5.74) is 0.583. The number of piperazine rings is 1. The molecule has 1 aliphatic carbocycles. The molecule has 2 N–H and O–H groups in total. The van der Waals surface area contributed by atoms with Crippen molar-refractivity contribution in [3.63, 3.8) is 0 Å². The number of piperidine rings is 1. The van der Waals surface area contributed by atoms with Gasteiger partial charge in [0.25, 0.3) is 0 Å². The lowest BCUT2D eigenvalue weighted by molar-refractivity contribution is -0.124. The van der Waals surface area contributed by atoms with Crippen LogP contribution in [0.15, 0.2) is 29.2 Å². The molecule has 0 spiro atoms. The van der Waals surface area contributed by atoms with E-state index in [4.69, 9.17) is 0 Å². The Kier molecular flexibility index (Phi) is 7.68. The molecule has 182 valence electrons. The molecule has 0 unspecified atom stereocenters. The minimum atomic E-state index is -3.48. The van der Waals surface area contributed by atoms with Gasteiger partial charge in [-0.05, 0) is 56.9 Å². The summed E-state index contributed by atoms with van der Waals surface area (Å²) in [6.45, 7) is 6.36. The van der Waals surface area contributed by atoms with Crippen LogP contribution in [0.3, 0.4) is 0 Å². The Morgan fingerprint density at radius 2 is 1.61 bits per heavy atom. The monoisotopic (exact) mass is 477 g/mol. The Morgan fingerprint density at radius 1 is 0.970 bits per heavy atom. The molecule has 3 aliphatic rings. The van der Waals surface area contributed by atoms with Crippen molar-refractivity contribution >= 4 is 27.5 Å². The van der Waals surface area contributed by atoms with E-state index < -0.39 is 10.0 Å². The van der Waals surface area contributed by atoms with Gasteiger partial charge in [-0.15, -0.1) is 0 Å². The van der Waals surface area contributed by atoms with Gasteiger partial charge in [0.15, 0.2) is 0 Å². The van der Waals surface area contributed by atoms with E-state index >= 15 is 0 Å². The highest BCUT2D eigenvalue weighted by Gasteiger charge is 2.29. The molecule has 1 saturated carbocycles. The minimum absolute atomic E-state index is 0.0856. The Morgan fingerprint density at radius 3 is 2.21 bits per heavy atom. The van der Waals surface area contributed by atoms with E-state index in [1.54, 1.807) is 28.6 Å². The summed E-state index contributed by atoms with van der Waals surface area (Å²) in [6.07, 6.45) is 5.03. The second kappa shape index (κ2) is 10.5. The standard InChI is InChI=1S/C23H35N5O4S/c1-18(27-15-13-26(14-16-27)17-22(29)24-19-5-6-19)23(30)25-20-7-9-21(10-8-20)33(31,32)28-11-3-2-4-12-28/h7-10,18-19H,2-6,11-17H2,1H3,(H,24,29)(H,25,30)/t18-/m1/s1. The van der Waals surface area contributed by atoms with Crippen molar-refractivity contribution in [2.24, 2.45) is 0 Å². The van der Waals surface area contributed by atoms with Crippen molar-refractivity contribution in [3.05, 3.63) is 24.3 Å². The fourth-order valence-corrected chi connectivity index (χ4v) is 5.91. The number of amides is 2. The van der Waals surface area contributed by atoms with Gasteiger partial charge in [0.05, 0.1) is 17.5 Å². The maximum Gasteiger partial charge on any atom is 0.243 e. The number of anilines is 1. The van der Waals surface area contributed by atoms with E-state index in [9.17, 15) is 18.0 Å². The number of carbonyl (C=O) groups excluding carboxylic acids is 2. The van der Waals surface area contributed by atoms with E-state index in [0.717, 1.165) is 58.3 Å². The van der Waals surface area contributed by atoms with Crippen LogP contribution < -0.4 is 10.6 Å². The fourth-order valence-electron chi connectivity index (χ4n) is 4.39. The largest absolute Gasteiger partial charge is 0.352 e. The summed E-state index contributed by atoms with van der Waals surface area (Å²) in [5.74, 6) is -0.0379. The van der Waals surface area contributed by atoms with Crippen LogP contribution in [0.5, 0.6) is 0 Å². The van der Waals surface area contributed by atoms with Crippen LogP contribution in [-0.4, -0.2) is 92.2 Å². The molecule has 9 nitrogen and oxygen atoms in total. The Balaban J connectivity index is 1.25. The van der Waals surface area contributed by atoms with Crippen molar-refractivity contribution < 1.29 is 18.0 Å². The molecule has 4 rings (SSSR count). The SMILES string of the molecule is C[C@H](C(=O)Nc1ccc(S(=O)(=O)N2CCCCC2)cc1)N1CCN(CC(=O)NC2CC2)CC1. The van der Waals surface area contributed by atoms with E-state index in [-0.39, 0.29) is 22.8 Å². The molecule has 33 heavy (non-hydrogen) atoms. The molecular weight excluding hydrogens is 442 g/mol. The first-order valence-electron chi connectivity index (χ1n) is 12.0. The van der Waals surface area contributed by atoms with Crippen molar-refractivity contribution in [3.8, 4) is 0 Å². The molecule has 1 aromatic rings. The lowest BCUT2D eigenvalue weighted by atomic mass is 10.2. The predicted octanol–water partition coefficient (Wildman–Crippen LogP) is 1.08. The van der Waals surface area contributed by atoms with Crippen LogP contribution in [0.2, 0.25) is 0 Å². The Hall–Kier alpha value is -2.01. The molecule has 1 aromatic carbocycles. The van der Waals surface area contributed by atoms with E-state index in [2.05, 4.69) is 20.4 Å². The second-order valence-electron chi connectivity index (χ2n) is 9.31. The molecule has 0 radical (unpaired) electrons. The average Bonchev–Trinajstić information content (AvgIpc) is 3.64. The first-order valence-corrected chi connectivity index (χ1v) is 13.4. The highest BCUT2D eigenvalue weighted by molar-refractivity contribution is 7.89. The Labute approximate surface area is 196 Å². The number of hydrogen-bond donors (Lipinski definition) is 2. The lowest BCUT2D eigenvalue weighted by Crippen LogP contribution is -2.54. The predicted molar refractivity (Wildman–Crippen MR) is 126 cm³/mol. The van der Waals surface area contributed by atoms with Crippen molar-refractivity contribution in [2.75, 3.05) is 51.1 Å². The number of carbonyl (C=O) groups is 2. The zero-order chi connectivity index (χ0) is 23.4. The van der Waals surface area contributed by atoms with Gasteiger partial charge in [-0.2, -0.15) is 4.31 Å². The molecule has 2 saturated heterocycles. The Bertz CT molecular complexity index is 934. The smallest absolute Gasteiger partial charge is 0.243 e. The normalized spacial score (nSPS) is 22.0. The third-order valence-electron chi connectivity index (χ3n) is 6.72. The minimum Gasteiger partial charge on any atom is -0.352 e. The number of benzene rings is 1. The fraction of sp³-hybridized carbons (Fsp3) is 0.652. The van der Waals surface area contributed by atoms with Crippen molar-refractivity contribution in [1.82, 2.24) is 19.4 Å². The van der Waals surface area contributed by atoms with Gasteiger partial charge < -0.3 is 10.6 Å². The van der Waals surface area contributed by atoms with Crippen LogP contribution in [0.25, 0.3) is 0 Å². The van der Waals surface area contributed by atoms with E-state index in [1.807, 2.05) is 6.92 Å². The number of nitrogens with zero attached hydrogens (tertiary/aromatic N) is 3. The lowest BCUT2D eigenvalue weighted by Gasteiger charge is -2.37. The molecule has 3 fully saturated rings. The first-order chi connectivity index (χ1) is 15.8. The summed E-state index contributed by atoms with van der Waals surface area (Å²) in [5, 5.41) is 5.92. The van der Waals surface area contributed by atoms with Crippen molar-refractivity contribution in [2.45, 2.75) is 56.0 Å². The maximum atomic E-state index is 12.8. The topological polar surface area (TPSA) is 102 Å². The van der Waals surface area contributed by atoms with Gasteiger partial charge in [0.2, 0.25) is 21.8 Å². The third kappa shape index (κ3) is 6.32. The van der Waals surface area contributed by atoms with Crippen molar-refractivity contribution in [1.29, 1.82) is 0 Å². The molecule has 10 heteroatoms. The van der Waals surface area contributed by atoms with Gasteiger partial charge in [-0.25, -0.2) is 8.42 Å². The van der Waals surface area contributed by atoms with Gasteiger partial charge in [-0.3, -0.25) is 19.4 Å². The third-order valence-corrected chi connectivity index (χ3v) is 8.63. The number of rotatable bonds is 8. The number of sulfonamides is 1. The summed E-state index contributed by atoms with van der Waals surface area (Å²) < 4.78 is 27.1. The van der Waals surface area contributed by atoms with Crippen LogP contribution in [0, 0.1) is 0 Å². The molecular formula is C23H35N5O4S. The zero-order valence-electron chi connectivity index (χ0n) is 19.3. The molecule has 2 amide bonds. The summed E-state index contributed by atoms with van der Waals surface area (Å²) >= 11 is 0. The van der Waals surface area contributed by atoms with E-state index in [1.165, 1.54) is 0 Å². The molecule has 0 bridgehead atoms. The highest BCUT2D eigenvalue weighted by Crippen LogP contribution is 2.22. The average molecular weight is 478 g/mol. The molecule has 0 aromatic heterocycles. The van der Waals surface area contributed by atoms with Gasteiger partial charge in [0, 0.05) is 51.0 Å². The van der Waals surface area contributed by atoms with Crippen LogP contribution >= 0.6 is 0 Å². The van der Waals surface area contributed by atoms with Crippen LogP contribution in [0.1, 0.15) is 39.0 Å².